The van der Waals surface area contributed by atoms with E-state index >= 15 is 0 Å². The van der Waals surface area contributed by atoms with E-state index in [9.17, 15) is 4.79 Å². The molecule has 4 heteroatoms. The van der Waals surface area contributed by atoms with Gasteiger partial charge in [-0.2, -0.15) is 0 Å². The molecule has 0 bridgehead atoms. The number of fused-ring (bicyclic) bond motifs is 1. The third kappa shape index (κ3) is 2.31. The molecule has 1 unspecified atom stereocenters. The molecule has 0 aliphatic rings. The highest BCUT2D eigenvalue weighted by molar-refractivity contribution is 5.90. The van der Waals surface area contributed by atoms with Crippen molar-refractivity contribution in [3.63, 3.8) is 0 Å². The van der Waals surface area contributed by atoms with Gasteiger partial charge in [-0.1, -0.05) is 18.2 Å². The van der Waals surface area contributed by atoms with Crippen molar-refractivity contribution in [2.24, 2.45) is 0 Å². The van der Waals surface area contributed by atoms with Gasteiger partial charge in [-0.05, 0) is 13.0 Å². The molecule has 0 aliphatic heterocycles. The van der Waals surface area contributed by atoms with E-state index in [1.165, 1.54) is 0 Å². The first kappa shape index (κ1) is 11.7. The molecule has 0 aliphatic carbocycles. The number of amides is 1. The summed E-state index contributed by atoms with van der Waals surface area (Å²) < 4.78 is 5.43. The lowest BCUT2D eigenvalue weighted by molar-refractivity contribution is -0.125. The van der Waals surface area contributed by atoms with E-state index in [1.807, 2.05) is 31.2 Å². The molecule has 1 N–H and O–H groups in total. The van der Waals surface area contributed by atoms with Gasteiger partial charge in [0.1, 0.15) is 5.58 Å². The highest BCUT2D eigenvalue weighted by atomic mass is 16.3. The molecule has 0 saturated carbocycles. The average Bonchev–Trinajstić information content (AvgIpc) is 2.70. The van der Waals surface area contributed by atoms with Crippen molar-refractivity contribution in [2.45, 2.75) is 12.8 Å². The second-order valence-corrected chi connectivity index (χ2v) is 4.28. The van der Waals surface area contributed by atoms with Gasteiger partial charge in [0.2, 0.25) is 5.91 Å². The van der Waals surface area contributed by atoms with Crippen LogP contribution in [0.25, 0.3) is 11.0 Å². The van der Waals surface area contributed by atoms with Gasteiger partial charge in [0, 0.05) is 25.0 Å². The summed E-state index contributed by atoms with van der Waals surface area (Å²) in [6.07, 6.45) is 1.66. The van der Waals surface area contributed by atoms with Gasteiger partial charge < -0.3 is 4.42 Å². The maximum absolute atomic E-state index is 11.9. The van der Waals surface area contributed by atoms with Crippen molar-refractivity contribution in [2.75, 3.05) is 14.1 Å². The summed E-state index contributed by atoms with van der Waals surface area (Å²) in [7, 11) is 3.58. The van der Waals surface area contributed by atoms with Crippen molar-refractivity contribution in [3.05, 3.63) is 36.1 Å². The van der Waals surface area contributed by atoms with Crippen LogP contribution in [0.5, 0.6) is 0 Å². The SMILES string of the molecule is CC(C(=O)NN(C)C)c1coc2ccccc12. The average molecular weight is 232 g/mol. The monoisotopic (exact) mass is 232 g/mol. The number of carbonyl (C=O) groups excluding carboxylic acids is 1. The lowest BCUT2D eigenvalue weighted by atomic mass is 10.00. The van der Waals surface area contributed by atoms with Gasteiger partial charge in [0.15, 0.2) is 0 Å². The summed E-state index contributed by atoms with van der Waals surface area (Å²) in [5, 5.41) is 2.63. The first-order valence-corrected chi connectivity index (χ1v) is 5.53. The molecule has 0 spiro atoms. The number of nitrogens with zero attached hydrogens (tertiary/aromatic N) is 1. The van der Waals surface area contributed by atoms with Crippen molar-refractivity contribution in [1.29, 1.82) is 0 Å². The Hall–Kier alpha value is -1.81. The van der Waals surface area contributed by atoms with Gasteiger partial charge in [0.25, 0.3) is 0 Å². The fourth-order valence-electron chi connectivity index (χ4n) is 1.79. The number of nitrogens with one attached hydrogen (secondary N) is 1. The van der Waals surface area contributed by atoms with E-state index in [1.54, 1.807) is 25.4 Å². The van der Waals surface area contributed by atoms with Crippen LogP contribution in [0.1, 0.15) is 18.4 Å². The van der Waals surface area contributed by atoms with Crippen LogP contribution in [0.4, 0.5) is 0 Å². The smallest absolute Gasteiger partial charge is 0.241 e. The number of furan rings is 1. The number of benzene rings is 1. The summed E-state index contributed by atoms with van der Waals surface area (Å²) in [6.45, 7) is 1.87. The summed E-state index contributed by atoms with van der Waals surface area (Å²) in [4.78, 5) is 11.9. The summed E-state index contributed by atoms with van der Waals surface area (Å²) in [5.74, 6) is -0.275. The Kier molecular flexibility index (Phi) is 3.15. The minimum Gasteiger partial charge on any atom is -0.464 e. The molecule has 0 fully saturated rings. The van der Waals surface area contributed by atoms with E-state index in [4.69, 9.17) is 4.42 Å². The van der Waals surface area contributed by atoms with Crippen LogP contribution < -0.4 is 5.43 Å². The summed E-state index contributed by atoms with van der Waals surface area (Å²) >= 11 is 0. The Balaban J connectivity index is 2.30. The van der Waals surface area contributed by atoms with Gasteiger partial charge in [0.05, 0.1) is 12.2 Å². The standard InChI is InChI=1S/C13H16N2O2/c1-9(13(16)14-15(2)3)11-8-17-12-7-5-4-6-10(11)12/h4-9H,1-3H3,(H,14,16). The Labute approximate surface area is 100 Å². The fraction of sp³-hybridized carbons (Fsp3) is 0.308. The van der Waals surface area contributed by atoms with Crippen molar-refractivity contribution in [1.82, 2.24) is 10.4 Å². The largest absolute Gasteiger partial charge is 0.464 e. The number of hydrazine groups is 1. The number of rotatable bonds is 3. The molecule has 0 saturated heterocycles. The highest BCUT2D eigenvalue weighted by Gasteiger charge is 2.19. The van der Waals surface area contributed by atoms with Crippen LogP contribution in [0.3, 0.4) is 0 Å². The lowest BCUT2D eigenvalue weighted by Gasteiger charge is -2.15. The first-order chi connectivity index (χ1) is 8.09. The highest BCUT2D eigenvalue weighted by Crippen LogP contribution is 2.27. The van der Waals surface area contributed by atoms with E-state index in [0.717, 1.165) is 16.5 Å². The van der Waals surface area contributed by atoms with Gasteiger partial charge >= 0.3 is 0 Å². The second kappa shape index (κ2) is 4.59. The molecule has 90 valence electrons. The fourth-order valence-corrected chi connectivity index (χ4v) is 1.79. The minimum atomic E-state index is -0.235. The Bertz CT molecular complexity index is 531. The van der Waals surface area contributed by atoms with Gasteiger partial charge in [-0.3, -0.25) is 10.2 Å². The van der Waals surface area contributed by atoms with Crippen LogP contribution in [0.15, 0.2) is 34.9 Å². The molecule has 2 rings (SSSR count). The Morgan fingerprint density at radius 1 is 1.35 bits per heavy atom. The molecule has 1 amide bonds. The maximum atomic E-state index is 11.9. The van der Waals surface area contributed by atoms with Crippen molar-refractivity contribution >= 4 is 16.9 Å². The molecular weight excluding hydrogens is 216 g/mol. The minimum absolute atomic E-state index is 0.0402. The predicted octanol–water partition coefficient (Wildman–Crippen LogP) is 2.13. The molecule has 4 nitrogen and oxygen atoms in total. The normalized spacial score (nSPS) is 12.9. The quantitative estimate of drug-likeness (QED) is 0.824. The van der Waals surface area contributed by atoms with Crippen LogP contribution in [-0.2, 0) is 4.79 Å². The van der Waals surface area contributed by atoms with Crippen LogP contribution in [0, 0.1) is 0 Å². The molecule has 1 heterocycles. The van der Waals surface area contributed by atoms with Crippen LogP contribution >= 0.6 is 0 Å². The zero-order valence-corrected chi connectivity index (χ0v) is 10.2. The summed E-state index contributed by atoms with van der Waals surface area (Å²) in [6, 6.07) is 7.72. The molecular formula is C13H16N2O2. The molecule has 2 aromatic rings. The van der Waals surface area contributed by atoms with E-state index in [2.05, 4.69) is 5.43 Å². The van der Waals surface area contributed by atoms with Gasteiger partial charge in [-0.15, -0.1) is 0 Å². The number of hydrogen-bond donors (Lipinski definition) is 1. The topological polar surface area (TPSA) is 45.5 Å². The Morgan fingerprint density at radius 2 is 2.06 bits per heavy atom. The number of hydrogen-bond acceptors (Lipinski definition) is 3. The van der Waals surface area contributed by atoms with E-state index < -0.39 is 0 Å². The van der Waals surface area contributed by atoms with E-state index in [0.29, 0.717) is 0 Å². The second-order valence-electron chi connectivity index (χ2n) is 4.28. The number of para-hydroxylation sites is 1. The van der Waals surface area contributed by atoms with Crippen molar-refractivity contribution in [3.8, 4) is 0 Å². The lowest BCUT2D eigenvalue weighted by Crippen LogP contribution is -2.38. The number of carbonyl (C=O) groups is 1. The molecule has 1 aromatic heterocycles. The van der Waals surface area contributed by atoms with Gasteiger partial charge in [-0.25, -0.2) is 5.01 Å². The van der Waals surface area contributed by atoms with Crippen molar-refractivity contribution < 1.29 is 9.21 Å². The van der Waals surface area contributed by atoms with E-state index in [-0.39, 0.29) is 11.8 Å². The molecule has 17 heavy (non-hydrogen) atoms. The zero-order chi connectivity index (χ0) is 12.4. The summed E-state index contributed by atoms with van der Waals surface area (Å²) in [5.41, 5.74) is 4.48. The maximum Gasteiger partial charge on any atom is 0.241 e. The third-order valence-corrected chi connectivity index (χ3v) is 2.70. The predicted molar refractivity (Wildman–Crippen MR) is 66.5 cm³/mol. The molecule has 1 atom stereocenters. The molecule has 1 aromatic carbocycles. The van der Waals surface area contributed by atoms with Crippen LogP contribution in [0.2, 0.25) is 0 Å². The zero-order valence-electron chi connectivity index (χ0n) is 10.2. The third-order valence-electron chi connectivity index (χ3n) is 2.70. The molecule has 0 radical (unpaired) electrons. The first-order valence-electron chi connectivity index (χ1n) is 5.53. The van der Waals surface area contributed by atoms with Crippen LogP contribution in [-0.4, -0.2) is 25.0 Å². The Morgan fingerprint density at radius 3 is 2.76 bits per heavy atom.